The number of thiophene rings is 1. The second-order valence-electron chi connectivity index (χ2n) is 3.97. The Morgan fingerprint density at radius 2 is 1.94 bits per heavy atom. The Kier molecular flexibility index (Phi) is 7.38. The van der Waals surface area contributed by atoms with Gasteiger partial charge in [-0.2, -0.15) is 0 Å². The van der Waals surface area contributed by atoms with Gasteiger partial charge in [0.25, 0.3) is 0 Å². The van der Waals surface area contributed by atoms with Crippen molar-refractivity contribution in [2.45, 2.75) is 37.5 Å². The summed E-state index contributed by atoms with van der Waals surface area (Å²) < 4.78 is 27.5. The first-order chi connectivity index (χ1) is 8.47. The van der Waals surface area contributed by atoms with Gasteiger partial charge < -0.3 is 0 Å². The lowest BCUT2D eigenvalue weighted by Crippen LogP contribution is -2.24. The fourth-order valence-electron chi connectivity index (χ4n) is 1.55. The summed E-state index contributed by atoms with van der Waals surface area (Å²) in [6.45, 7) is 2.33. The summed E-state index contributed by atoms with van der Waals surface area (Å²) >= 11 is 8.12. The highest BCUT2D eigenvalue weighted by molar-refractivity contribution is 9.11. The molecule has 0 fully saturated rings. The fraction of sp³-hybridized carbons (Fsp3) is 0.636. The molecule has 0 aliphatic heterocycles. The molecule has 0 radical (unpaired) electrons. The first-order valence-electron chi connectivity index (χ1n) is 5.79. The van der Waals surface area contributed by atoms with Crippen LogP contribution in [0.1, 0.15) is 30.6 Å². The number of sulfonamides is 1. The van der Waals surface area contributed by atoms with Crippen LogP contribution in [-0.4, -0.2) is 20.3 Å². The van der Waals surface area contributed by atoms with Crippen molar-refractivity contribution in [3.05, 3.63) is 14.7 Å². The monoisotopic (exact) mass is 417 g/mol. The highest BCUT2D eigenvalue weighted by Gasteiger charge is 2.18. The number of unbranched alkanes of at least 4 members (excludes halogenated alkanes) is 3. The third kappa shape index (κ3) is 5.28. The van der Waals surface area contributed by atoms with Gasteiger partial charge in [0.1, 0.15) is 0 Å². The minimum atomic E-state index is -3.34. The number of alkyl halides is 1. The zero-order chi connectivity index (χ0) is 13.6. The molecule has 3 nitrogen and oxygen atoms in total. The van der Waals surface area contributed by atoms with Gasteiger partial charge in [-0.15, -0.1) is 11.3 Å². The van der Waals surface area contributed by atoms with Gasteiger partial charge in [0, 0.05) is 16.8 Å². The van der Waals surface area contributed by atoms with Crippen LogP contribution in [0.25, 0.3) is 0 Å². The summed E-state index contributed by atoms with van der Waals surface area (Å²) in [4.78, 5) is 1.20. The van der Waals surface area contributed by atoms with Crippen molar-refractivity contribution in [2.24, 2.45) is 0 Å². The van der Waals surface area contributed by atoms with Crippen LogP contribution in [0.5, 0.6) is 0 Å². The molecule has 0 amide bonds. The van der Waals surface area contributed by atoms with Crippen molar-refractivity contribution in [2.75, 3.05) is 11.9 Å². The largest absolute Gasteiger partial charge is 0.241 e. The van der Waals surface area contributed by atoms with E-state index in [0.29, 0.717) is 11.4 Å². The summed E-state index contributed by atoms with van der Waals surface area (Å²) in [5, 5.41) is 1.01. The Hall–Kier alpha value is 0.570. The van der Waals surface area contributed by atoms with Crippen LogP contribution >= 0.6 is 43.2 Å². The van der Waals surface area contributed by atoms with Gasteiger partial charge in [-0.25, -0.2) is 13.1 Å². The summed E-state index contributed by atoms with van der Waals surface area (Å²) in [6, 6.07) is 1.66. The third-order valence-corrected chi connectivity index (χ3v) is 6.31. The van der Waals surface area contributed by atoms with E-state index in [0.717, 1.165) is 39.7 Å². The Morgan fingerprint density at radius 3 is 2.50 bits per heavy atom. The van der Waals surface area contributed by atoms with Crippen LogP contribution in [0, 0.1) is 6.92 Å². The van der Waals surface area contributed by atoms with E-state index in [-0.39, 0.29) is 0 Å². The average Bonchev–Trinajstić information content (AvgIpc) is 2.63. The maximum absolute atomic E-state index is 12.0. The van der Waals surface area contributed by atoms with Gasteiger partial charge in [0.15, 0.2) is 0 Å². The molecule has 0 atom stereocenters. The molecule has 1 heterocycles. The molecule has 0 aliphatic rings. The van der Waals surface area contributed by atoms with Crippen LogP contribution in [0.4, 0.5) is 0 Å². The molecule has 0 spiro atoms. The molecule has 1 rings (SSSR count). The molecule has 18 heavy (non-hydrogen) atoms. The molecule has 0 bridgehead atoms. The molecular weight excluding hydrogens is 402 g/mol. The van der Waals surface area contributed by atoms with Gasteiger partial charge in [-0.3, -0.25) is 0 Å². The molecular formula is C11H17Br2NO2S2. The number of rotatable bonds is 8. The minimum Gasteiger partial charge on any atom is -0.211 e. The Bertz CT molecular complexity index is 471. The molecule has 1 aromatic rings. The zero-order valence-corrected chi connectivity index (χ0v) is 15.0. The summed E-state index contributed by atoms with van der Waals surface area (Å²) in [5.41, 5.74) is 0. The average molecular weight is 419 g/mol. The number of nitrogens with one attached hydrogen (secondary N) is 1. The van der Waals surface area contributed by atoms with E-state index >= 15 is 0 Å². The molecule has 1 N–H and O–H groups in total. The molecule has 0 saturated carbocycles. The summed E-state index contributed by atoms with van der Waals surface area (Å²) in [7, 11) is -3.34. The second-order valence-corrected chi connectivity index (χ2v) is 9.14. The first-order valence-corrected chi connectivity index (χ1v) is 10.0. The molecule has 0 saturated heterocycles. The number of hydrogen-bond acceptors (Lipinski definition) is 3. The fourth-order valence-corrected chi connectivity index (χ4v) is 5.44. The summed E-state index contributed by atoms with van der Waals surface area (Å²) in [5.74, 6) is 0. The lowest BCUT2D eigenvalue weighted by molar-refractivity contribution is 0.574. The standard InChI is InChI=1S/C11H17Br2NO2S2/c1-9-10(8-11(13)17-9)18(15,16)14-7-5-3-2-4-6-12/h8,14H,2-7H2,1H3. The van der Waals surface area contributed by atoms with Gasteiger partial charge >= 0.3 is 0 Å². The van der Waals surface area contributed by atoms with Crippen molar-refractivity contribution in [3.63, 3.8) is 0 Å². The maximum Gasteiger partial charge on any atom is 0.241 e. The smallest absolute Gasteiger partial charge is 0.211 e. The minimum absolute atomic E-state index is 0.389. The van der Waals surface area contributed by atoms with E-state index in [9.17, 15) is 8.42 Å². The molecule has 7 heteroatoms. The van der Waals surface area contributed by atoms with Crippen LogP contribution in [-0.2, 0) is 10.0 Å². The van der Waals surface area contributed by atoms with Crippen molar-refractivity contribution >= 4 is 53.2 Å². The number of hydrogen-bond donors (Lipinski definition) is 1. The van der Waals surface area contributed by atoms with Gasteiger partial charge in [0.05, 0.1) is 8.68 Å². The number of halogens is 2. The lowest BCUT2D eigenvalue weighted by Gasteiger charge is -2.05. The van der Waals surface area contributed by atoms with Crippen LogP contribution in [0.15, 0.2) is 14.7 Å². The van der Waals surface area contributed by atoms with Gasteiger partial charge in [-0.1, -0.05) is 28.8 Å². The predicted octanol–water partition coefficient (Wildman–Crippen LogP) is 4.05. The quantitative estimate of drug-likeness (QED) is 0.511. The van der Waals surface area contributed by atoms with Crippen LogP contribution in [0.3, 0.4) is 0 Å². The second kappa shape index (κ2) is 7.99. The Labute approximate surface area is 130 Å². The van der Waals surface area contributed by atoms with Crippen molar-refractivity contribution in [1.29, 1.82) is 0 Å². The van der Waals surface area contributed by atoms with E-state index < -0.39 is 10.0 Å². The summed E-state index contributed by atoms with van der Waals surface area (Å²) in [6.07, 6.45) is 4.22. The molecule has 104 valence electrons. The van der Waals surface area contributed by atoms with Crippen molar-refractivity contribution < 1.29 is 8.42 Å². The SMILES string of the molecule is Cc1sc(Br)cc1S(=O)(=O)NCCCCCCBr. The topological polar surface area (TPSA) is 46.2 Å². The number of aryl methyl sites for hydroxylation is 1. The zero-order valence-electron chi connectivity index (χ0n) is 10.2. The van der Waals surface area contributed by atoms with E-state index in [1.807, 2.05) is 6.92 Å². The predicted molar refractivity (Wildman–Crippen MR) is 84.2 cm³/mol. The lowest BCUT2D eigenvalue weighted by atomic mass is 10.2. The van der Waals surface area contributed by atoms with E-state index in [1.54, 1.807) is 6.07 Å². The third-order valence-electron chi connectivity index (χ3n) is 2.48. The van der Waals surface area contributed by atoms with E-state index in [1.165, 1.54) is 11.3 Å². The van der Waals surface area contributed by atoms with Gasteiger partial charge in [0.2, 0.25) is 10.0 Å². The first kappa shape index (κ1) is 16.6. The Balaban J connectivity index is 2.43. The molecule has 0 aromatic carbocycles. The van der Waals surface area contributed by atoms with Gasteiger partial charge in [-0.05, 0) is 41.8 Å². The van der Waals surface area contributed by atoms with Crippen molar-refractivity contribution in [1.82, 2.24) is 4.72 Å². The normalized spacial score (nSPS) is 11.9. The molecule has 0 aliphatic carbocycles. The Morgan fingerprint density at radius 1 is 1.28 bits per heavy atom. The highest BCUT2D eigenvalue weighted by atomic mass is 79.9. The van der Waals surface area contributed by atoms with Crippen LogP contribution in [0.2, 0.25) is 0 Å². The van der Waals surface area contributed by atoms with E-state index in [4.69, 9.17) is 0 Å². The molecule has 0 unspecified atom stereocenters. The van der Waals surface area contributed by atoms with Crippen molar-refractivity contribution in [3.8, 4) is 0 Å². The van der Waals surface area contributed by atoms with E-state index in [2.05, 4.69) is 36.6 Å². The van der Waals surface area contributed by atoms with Crippen LogP contribution < -0.4 is 4.72 Å². The maximum atomic E-state index is 12.0. The highest BCUT2D eigenvalue weighted by Crippen LogP contribution is 2.29. The molecule has 1 aromatic heterocycles.